The molecule has 94 valence electrons. The van der Waals surface area contributed by atoms with Crippen LogP contribution in [0.25, 0.3) is 11.5 Å². The van der Waals surface area contributed by atoms with Gasteiger partial charge in [0.1, 0.15) is 11.5 Å². The number of rotatable bonds is 3. The molecule has 1 aromatic heterocycles. The van der Waals surface area contributed by atoms with Gasteiger partial charge in [-0.2, -0.15) is 4.98 Å². The SMILES string of the molecule is Cc1noc(-c2ccccc2Oc2ccccc2)n1. The van der Waals surface area contributed by atoms with E-state index in [0.29, 0.717) is 17.5 Å². The van der Waals surface area contributed by atoms with Crippen LogP contribution >= 0.6 is 0 Å². The highest BCUT2D eigenvalue weighted by molar-refractivity contribution is 5.63. The minimum absolute atomic E-state index is 0.462. The molecule has 1 heterocycles. The fourth-order valence-electron chi connectivity index (χ4n) is 1.75. The zero-order chi connectivity index (χ0) is 13.1. The van der Waals surface area contributed by atoms with E-state index in [1.54, 1.807) is 6.92 Å². The molecule has 0 N–H and O–H groups in total. The van der Waals surface area contributed by atoms with Crippen molar-refractivity contribution in [1.82, 2.24) is 10.1 Å². The second-order valence-electron chi connectivity index (χ2n) is 4.06. The van der Waals surface area contributed by atoms with Gasteiger partial charge in [-0.25, -0.2) is 0 Å². The lowest BCUT2D eigenvalue weighted by atomic mass is 10.2. The highest BCUT2D eigenvalue weighted by atomic mass is 16.5. The number of benzene rings is 2. The van der Waals surface area contributed by atoms with Crippen molar-refractivity contribution >= 4 is 0 Å². The third-order valence-electron chi connectivity index (χ3n) is 2.62. The first-order valence-corrected chi connectivity index (χ1v) is 5.95. The predicted molar refractivity (Wildman–Crippen MR) is 71.0 cm³/mol. The molecule has 4 heteroatoms. The van der Waals surface area contributed by atoms with Crippen LogP contribution in [0.2, 0.25) is 0 Å². The normalized spacial score (nSPS) is 10.4. The summed E-state index contributed by atoms with van der Waals surface area (Å²) in [6.45, 7) is 1.79. The maximum atomic E-state index is 5.85. The van der Waals surface area contributed by atoms with E-state index in [9.17, 15) is 0 Å². The Hall–Kier alpha value is -2.62. The molecule has 0 amide bonds. The van der Waals surface area contributed by atoms with Gasteiger partial charge < -0.3 is 9.26 Å². The minimum atomic E-state index is 0.462. The number of ether oxygens (including phenoxy) is 1. The molecule has 0 fully saturated rings. The third-order valence-corrected chi connectivity index (χ3v) is 2.62. The van der Waals surface area contributed by atoms with Crippen LogP contribution in [0, 0.1) is 6.92 Å². The summed E-state index contributed by atoms with van der Waals surface area (Å²) in [6.07, 6.45) is 0. The number of hydrogen-bond donors (Lipinski definition) is 0. The Morgan fingerprint density at radius 1 is 0.947 bits per heavy atom. The van der Waals surface area contributed by atoms with Crippen molar-refractivity contribution in [3.63, 3.8) is 0 Å². The number of hydrogen-bond acceptors (Lipinski definition) is 4. The molecule has 0 saturated heterocycles. The van der Waals surface area contributed by atoms with Crippen LogP contribution in [-0.4, -0.2) is 10.1 Å². The molecule has 0 bridgehead atoms. The number of para-hydroxylation sites is 2. The van der Waals surface area contributed by atoms with E-state index >= 15 is 0 Å². The van der Waals surface area contributed by atoms with E-state index in [-0.39, 0.29) is 0 Å². The summed E-state index contributed by atoms with van der Waals surface area (Å²) in [5, 5.41) is 3.80. The third kappa shape index (κ3) is 2.47. The molecule has 19 heavy (non-hydrogen) atoms. The van der Waals surface area contributed by atoms with Gasteiger partial charge in [-0.15, -0.1) is 0 Å². The van der Waals surface area contributed by atoms with E-state index < -0.39 is 0 Å². The summed E-state index contributed by atoms with van der Waals surface area (Å²) in [5.41, 5.74) is 0.784. The molecule has 0 saturated carbocycles. The van der Waals surface area contributed by atoms with Crippen LogP contribution in [-0.2, 0) is 0 Å². The summed E-state index contributed by atoms with van der Waals surface area (Å²) in [7, 11) is 0. The first kappa shape index (κ1) is 11.5. The molecule has 0 radical (unpaired) electrons. The summed E-state index contributed by atoms with van der Waals surface area (Å²) < 4.78 is 11.0. The Balaban J connectivity index is 1.98. The maximum absolute atomic E-state index is 5.85. The molecule has 3 rings (SSSR count). The van der Waals surface area contributed by atoms with Gasteiger partial charge in [0.25, 0.3) is 5.89 Å². The predicted octanol–water partition coefficient (Wildman–Crippen LogP) is 3.84. The van der Waals surface area contributed by atoms with Gasteiger partial charge in [-0.1, -0.05) is 35.5 Å². The minimum Gasteiger partial charge on any atom is -0.457 e. The quantitative estimate of drug-likeness (QED) is 0.710. The average Bonchev–Trinajstić information content (AvgIpc) is 2.87. The van der Waals surface area contributed by atoms with Crippen molar-refractivity contribution in [2.24, 2.45) is 0 Å². The molecule has 3 aromatic rings. The molecule has 0 atom stereocenters. The van der Waals surface area contributed by atoms with Gasteiger partial charge >= 0.3 is 0 Å². The lowest BCUT2D eigenvalue weighted by Gasteiger charge is -2.08. The molecular weight excluding hydrogens is 240 g/mol. The summed E-state index contributed by atoms with van der Waals surface area (Å²) in [6, 6.07) is 17.2. The van der Waals surface area contributed by atoms with Crippen molar-refractivity contribution in [3.05, 3.63) is 60.4 Å². The summed E-state index contributed by atoms with van der Waals surface area (Å²) >= 11 is 0. The van der Waals surface area contributed by atoms with E-state index in [2.05, 4.69) is 10.1 Å². The lowest BCUT2D eigenvalue weighted by molar-refractivity contribution is 0.421. The topological polar surface area (TPSA) is 48.2 Å². The Morgan fingerprint density at radius 2 is 1.68 bits per heavy atom. The van der Waals surface area contributed by atoms with Crippen LogP contribution in [0.1, 0.15) is 5.82 Å². The molecular formula is C15H12N2O2. The first-order valence-electron chi connectivity index (χ1n) is 5.95. The fourth-order valence-corrected chi connectivity index (χ4v) is 1.75. The highest BCUT2D eigenvalue weighted by Crippen LogP contribution is 2.31. The van der Waals surface area contributed by atoms with Crippen molar-refractivity contribution in [2.45, 2.75) is 6.92 Å². The van der Waals surface area contributed by atoms with Gasteiger partial charge in [0.2, 0.25) is 0 Å². The molecule has 0 aliphatic heterocycles. The smallest absolute Gasteiger partial charge is 0.261 e. The Kier molecular flexibility index (Phi) is 2.98. The van der Waals surface area contributed by atoms with Crippen molar-refractivity contribution in [3.8, 4) is 23.0 Å². The lowest BCUT2D eigenvalue weighted by Crippen LogP contribution is -1.88. The highest BCUT2D eigenvalue weighted by Gasteiger charge is 2.12. The van der Waals surface area contributed by atoms with E-state index in [4.69, 9.17) is 9.26 Å². The van der Waals surface area contributed by atoms with E-state index in [0.717, 1.165) is 11.3 Å². The Morgan fingerprint density at radius 3 is 2.42 bits per heavy atom. The summed E-state index contributed by atoms with van der Waals surface area (Å²) in [5.74, 6) is 2.53. The van der Waals surface area contributed by atoms with Crippen molar-refractivity contribution in [2.75, 3.05) is 0 Å². The molecule has 2 aromatic carbocycles. The number of aromatic nitrogens is 2. The van der Waals surface area contributed by atoms with Crippen molar-refractivity contribution < 1.29 is 9.26 Å². The van der Waals surface area contributed by atoms with Gasteiger partial charge in [0, 0.05) is 0 Å². The van der Waals surface area contributed by atoms with Crippen LogP contribution in [0.15, 0.2) is 59.1 Å². The number of aryl methyl sites for hydroxylation is 1. The fraction of sp³-hybridized carbons (Fsp3) is 0.0667. The summed E-state index contributed by atoms with van der Waals surface area (Å²) in [4.78, 5) is 4.23. The average molecular weight is 252 g/mol. The molecule has 0 spiro atoms. The van der Waals surface area contributed by atoms with Gasteiger partial charge in [-0.05, 0) is 31.2 Å². The monoisotopic (exact) mass is 252 g/mol. The van der Waals surface area contributed by atoms with Gasteiger partial charge in [0.05, 0.1) is 5.56 Å². The first-order chi connectivity index (χ1) is 9.33. The van der Waals surface area contributed by atoms with Gasteiger partial charge in [0.15, 0.2) is 5.82 Å². The zero-order valence-corrected chi connectivity index (χ0v) is 10.4. The van der Waals surface area contributed by atoms with E-state index in [1.165, 1.54) is 0 Å². The molecule has 0 aliphatic rings. The Bertz CT molecular complexity index is 677. The maximum Gasteiger partial charge on any atom is 0.261 e. The standard InChI is InChI=1S/C15H12N2O2/c1-11-16-15(19-17-11)13-9-5-6-10-14(13)18-12-7-3-2-4-8-12/h2-10H,1H3. The molecule has 0 aliphatic carbocycles. The van der Waals surface area contributed by atoms with Crippen molar-refractivity contribution in [1.29, 1.82) is 0 Å². The molecule has 0 unspecified atom stereocenters. The Labute approximate surface area is 110 Å². The second-order valence-corrected chi connectivity index (χ2v) is 4.06. The van der Waals surface area contributed by atoms with Gasteiger partial charge in [-0.3, -0.25) is 0 Å². The van der Waals surface area contributed by atoms with E-state index in [1.807, 2.05) is 54.6 Å². The zero-order valence-electron chi connectivity index (χ0n) is 10.4. The van der Waals surface area contributed by atoms with Crippen LogP contribution in [0.3, 0.4) is 0 Å². The number of nitrogens with zero attached hydrogens (tertiary/aromatic N) is 2. The van der Waals surface area contributed by atoms with Crippen LogP contribution < -0.4 is 4.74 Å². The van der Waals surface area contributed by atoms with Crippen LogP contribution in [0.4, 0.5) is 0 Å². The second kappa shape index (κ2) is 4.94. The largest absolute Gasteiger partial charge is 0.457 e. The van der Waals surface area contributed by atoms with Crippen LogP contribution in [0.5, 0.6) is 11.5 Å². The molecule has 4 nitrogen and oxygen atoms in total.